The first-order valence-electron chi connectivity index (χ1n) is 10.2. The highest BCUT2D eigenvalue weighted by molar-refractivity contribution is 6.08. The number of hydrogen-bond acceptors (Lipinski definition) is 5. The molecule has 1 aromatic carbocycles. The van der Waals surface area contributed by atoms with Crippen LogP contribution in [0.5, 0.6) is 0 Å². The van der Waals surface area contributed by atoms with Gasteiger partial charge in [0.15, 0.2) is 11.6 Å². The minimum absolute atomic E-state index is 0.0360. The van der Waals surface area contributed by atoms with E-state index in [9.17, 15) is 29.7 Å². The van der Waals surface area contributed by atoms with E-state index in [1.165, 1.54) is 4.90 Å². The summed E-state index contributed by atoms with van der Waals surface area (Å²) in [4.78, 5) is 43.0. The van der Waals surface area contributed by atoms with Gasteiger partial charge in [-0.15, -0.1) is 0 Å². The summed E-state index contributed by atoms with van der Waals surface area (Å²) in [6, 6.07) is 9.40. The number of amidine groups is 1. The van der Waals surface area contributed by atoms with Crippen molar-refractivity contribution in [1.82, 2.24) is 4.90 Å². The Labute approximate surface area is 173 Å². The van der Waals surface area contributed by atoms with Crippen LogP contribution in [0.2, 0.25) is 0 Å². The molecule has 9 nitrogen and oxygen atoms in total. The van der Waals surface area contributed by atoms with Crippen molar-refractivity contribution < 1.29 is 34.2 Å². The summed E-state index contributed by atoms with van der Waals surface area (Å²) in [5.41, 5.74) is -1.02. The Morgan fingerprint density at radius 2 is 1.93 bits per heavy atom. The number of nitrogens with zero attached hydrogens (tertiary/aromatic N) is 3. The minimum atomic E-state index is -1.93. The molecule has 5 atom stereocenters. The highest BCUT2D eigenvalue weighted by Crippen LogP contribution is 2.40. The Kier molecular flexibility index (Phi) is 4.90. The van der Waals surface area contributed by atoms with Crippen molar-refractivity contribution in [3.05, 3.63) is 35.9 Å². The molecule has 2 fully saturated rings. The molecular weight excluding hydrogens is 390 g/mol. The maximum absolute atomic E-state index is 12.9. The van der Waals surface area contributed by atoms with Gasteiger partial charge >= 0.3 is 12.1 Å². The number of benzene rings is 1. The molecule has 3 heterocycles. The van der Waals surface area contributed by atoms with E-state index < -0.39 is 29.6 Å². The Morgan fingerprint density at radius 1 is 1.23 bits per heavy atom. The summed E-state index contributed by atoms with van der Waals surface area (Å²) in [6.45, 7) is 2.71. The third-order valence-corrected chi connectivity index (χ3v) is 6.79. The monoisotopic (exact) mass is 416 g/mol. The first-order valence-corrected chi connectivity index (χ1v) is 10.2. The summed E-state index contributed by atoms with van der Waals surface area (Å²) >= 11 is 0. The summed E-state index contributed by atoms with van der Waals surface area (Å²) in [7, 11) is 0. The van der Waals surface area contributed by atoms with E-state index in [1.807, 2.05) is 30.3 Å². The van der Waals surface area contributed by atoms with Gasteiger partial charge in [-0.3, -0.25) is 9.69 Å². The molecule has 3 aliphatic rings. The van der Waals surface area contributed by atoms with E-state index in [2.05, 4.69) is 4.99 Å². The minimum Gasteiger partial charge on any atom is -0.479 e. The Morgan fingerprint density at radius 3 is 2.53 bits per heavy atom. The molecule has 5 unspecified atom stereocenters. The Bertz CT molecular complexity index is 919. The van der Waals surface area contributed by atoms with Gasteiger partial charge in [0.2, 0.25) is 0 Å². The maximum Gasteiger partial charge on any atom is 0.513 e. The van der Waals surface area contributed by atoms with Crippen LogP contribution in [0.15, 0.2) is 35.3 Å². The van der Waals surface area contributed by atoms with E-state index in [0.29, 0.717) is 25.3 Å². The molecule has 1 aromatic rings. The van der Waals surface area contributed by atoms with Crippen LogP contribution in [-0.4, -0.2) is 79.8 Å². The number of aliphatic carboxylic acids is 1. The van der Waals surface area contributed by atoms with Gasteiger partial charge in [-0.25, -0.2) is 14.3 Å². The molecule has 2 saturated heterocycles. The number of carboxylic acid groups (broad SMARTS) is 2. The first-order chi connectivity index (χ1) is 14.2. The third-order valence-electron chi connectivity index (χ3n) is 6.79. The number of quaternary nitrogens is 1. The average molecular weight is 416 g/mol. The molecular formula is C21H26N3O6+. The number of fused-ring (bicyclic) bond motifs is 4. The highest BCUT2D eigenvalue weighted by Gasteiger charge is 2.59. The van der Waals surface area contributed by atoms with Gasteiger partial charge in [-0.1, -0.05) is 37.3 Å². The van der Waals surface area contributed by atoms with Crippen molar-refractivity contribution in [3.8, 4) is 0 Å². The van der Waals surface area contributed by atoms with Crippen LogP contribution in [0.1, 0.15) is 25.3 Å². The van der Waals surface area contributed by atoms with Crippen molar-refractivity contribution in [3.63, 3.8) is 0 Å². The first kappa shape index (κ1) is 20.5. The summed E-state index contributed by atoms with van der Waals surface area (Å²) < 4.78 is -0.185. The predicted molar refractivity (Wildman–Crippen MR) is 106 cm³/mol. The van der Waals surface area contributed by atoms with Gasteiger partial charge in [0.25, 0.3) is 5.91 Å². The van der Waals surface area contributed by atoms with E-state index >= 15 is 0 Å². The van der Waals surface area contributed by atoms with Crippen molar-refractivity contribution >= 4 is 23.8 Å². The van der Waals surface area contributed by atoms with Crippen LogP contribution in [0.4, 0.5) is 4.79 Å². The molecule has 3 N–H and O–H groups in total. The molecule has 0 radical (unpaired) electrons. The van der Waals surface area contributed by atoms with E-state index in [0.717, 1.165) is 5.56 Å². The summed E-state index contributed by atoms with van der Waals surface area (Å²) in [6.07, 6.45) is -2.07. The number of rotatable bonds is 4. The number of hydrogen-bond donors (Lipinski definition) is 3. The van der Waals surface area contributed by atoms with Crippen molar-refractivity contribution in [2.75, 3.05) is 19.6 Å². The summed E-state index contributed by atoms with van der Waals surface area (Å²) in [5.74, 6) is -2.13. The van der Waals surface area contributed by atoms with Crippen LogP contribution in [0, 0.1) is 11.8 Å². The highest BCUT2D eigenvalue weighted by atomic mass is 16.4. The van der Waals surface area contributed by atoms with E-state index in [-0.39, 0.29) is 35.8 Å². The topological polar surface area (TPSA) is 128 Å². The molecule has 160 valence electrons. The number of carboxylic acids is 1. The zero-order chi connectivity index (χ0) is 21.7. The largest absolute Gasteiger partial charge is 0.513 e. The zero-order valence-electron chi connectivity index (χ0n) is 16.8. The normalized spacial score (nSPS) is 35.4. The van der Waals surface area contributed by atoms with Crippen molar-refractivity contribution in [2.45, 2.75) is 38.0 Å². The number of aliphatic imine (C=N–C) groups is 1. The lowest BCUT2D eigenvalue weighted by molar-refractivity contribution is -0.882. The Hall–Kier alpha value is -2.78. The number of carbonyl (C=O) groups excluding carboxylic acids is 1. The van der Waals surface area contributed by atoms with E-state index in [1.54, 1.807) is 6.92 Å². The lowest BCUT2D eigenvalue weighted by Crippen LogP contribution is -2.70. The molecule has 0 saturated carbocycles. The van der Waals surface area contributed by atoms with Crippen molar-refractivity contribution in [2.24, 2.45) is 16.8 Å². The molecule has 30 heavy (non-hydrogen) atoms. The second-order valence-electron chi connectivity index (χ2n) is 8.64. The van der Waals surface area contributed by atoms with Crippen LogP contribution < -0.4 is 0 Å². The van der Waals surface area contributed by atoms with Gasteiger partial charge in [0, 0.05) is 18.0 Å². The van der Waals surface area contributed by atoms with Gasteiger partial charge in [-0.05, 0) is 12.8 Å². The molecule has 2 bridgehead atoms. The van der Waals surface area contributed by atoms with Crippen LogP contribution in [0.3, 0.4) is 0 Å². The standard InChI is InChI=1S/C21H25N3O6/c1-2-21(19(27)28)16(25)18(26)23-9-14-8-15(17(23)22-21)12-24(11-14,20(29)30)10-13-6-4-3-5-7-13/h3-7,14-16,25H,2,8-12H2,1H3,(H-,27,28,29,30)/p+1. The van der Waals surface area contributed by atoms with Crippen LogP contribution in [0.25, 0.3) is 0 Å². The molecule has 3 aliphatic heterocycles. The quantitative estimate of drug-likeness (QED) is 0.632. The fourth-order valence-electron chi connectivity index (χ4n) is 5.28. The number of likely N-dealkylation sites (tertiary alicyclic amines) is 1. The SMILES string of the molecule is CCC1(C(=O)O)N=C2C3CC(CN2C(=O)C1O)C[N+](Cc1ccccc1)(C(=O)O)C3. The van der Waals surface area contributed by atoms with Gasteiger partial charge < -0.3 is 15.3 Å². The average Bonchev–Trinajstić information content (AvgIpc) is 2.71. The van der Waals surface area contributed by atoms with Crippen LogP contribution >= 0.6 is 0 Å². The molecule has 0 aromatic heterocycles. The lowest BCUT2D eigenvalue weighted by atomic mass is 9.78. The van der Waals surface area contributed by atoms with Crippen LogP contribution in [-0.2, 0) is 16.1 Å². The van der Waals surface area contributed by atoms with E-state index in [4.69, 9.17) is 0 Å². The van der Waals surface area contributed by atoms with Crippen molar-refractivity contribution in [1.29, 1.82) is 0 Å². The fraction of sp³-hybridized carbons (Fsp3) is 0.524. The predicted octanol–water partition coefficient (Wildman–Crippen LogP) is 1.17. The maximum atomic E-state index is 12.9. The number of aliphatic hydroxyl groups is 1. The second-order valence-corrected chi connectivity index (χ2v) is 8.64. The van der Waals surface area contributed by atoms with Gasteiger partial charge in [-0.2, -0.15) is 4.79 Å². The third kappa shape index (κ3) is 3.00. The number of carbonyl (C=O) groups is 3. The smallest absolute Gasteiger partial charge is 0.479 e. The lowest BCUT2D eigenvalue weighted by Gasteiger charge is -2.51. The Balaban J connectivity index is 1.74. The number of amides is 2. The second kappa shape index (κ2) is 7.17. The molecule has 4 rings (SSSR count). The molecule has 0 spiro atoms. The van der Waals surface area contributed by atoms with Gasteiger partial charge in [0.1, 0.15) is 12.4 Å². The number of piperidine rings is 2. The molecule has 2 amide bonds. The fourth-order valence-corrected chi connectivity index (χ4v) is 5.28. The number of aliphatic hydroxyl groups excluding tert-OH is 1. The van der Waals surface area contributed by atoms with Gasteiger partial charge in [0.05, 0.1) is 19.0 Å². The molecule has 0 aliphatic carbocycles. The molecule has 9 heteroatoms. The summed E-state index contributed by atoms with van der Waals surface area (Å²) in [5, 5.41) is 30.4. The zero-order valence-corrected chi connectivity index (χ0v) is 16.8.